The highest BCUT2D eigenvalue weighted by molar-refractivity contribution is 5.92. The normalized spacial score (nSPS) is 21.7. The minimum Gasteiger partial charge on any atom is -0.496 e. The molecule has 0 spiro atoms. The van der Waals surface area contributed by atoms with E-state index < -0.39 is 0 Å². The van der Waals surface area contributed by atoms with E-state index >= 15 is 0 Å². The number of nitrogens with zero attached hydrogens (tertiary/aromatic N) is 1. The van der Waals surface area contributed by atoms with Gasteiger partial charge in [0.15, 0.2) is 0 Å². The van der Waals surface area contributed by atoms with Gasteiger partial charge in [-0.25, -0.2) is 0 Å². The van der Waals surface area contributed by atoms with E-state index in [0.717, 1.165) is 30.6 Å². The maximum Gasteiger partial charge on any atom is 0.246 e. The van der Waals surface area contributed by atoms with Crippen LogP contribution >= 0.6 is 0 Å². The van der Waals surface area contributed by atoms with Crippen molar-refractivity contribution in [3.8, 4) is 5.75 Å². The predicted octanol–water partition coefficient (Wildman–Crippen LogP) is 2.33. The summed E-state index contributed by atoms with van der Waals surface area (Å²) in [6.07, 6.45) is 5.95. The Morgan fingerprint density at radius 2 is 2.19 bits per heavy atom. The number of rotatable bonds is 5. The first-order valence-corrected chi connectivity index (χ1v) is 7.36. The second-order valence-electron chi connectivity index (χ2n) is 5.55. The lowest BCUT2D eigenvalue weighted by molar-refractivity contribution is -0.125. The molecule has 1 aromatic carbocycles. The van der Waals surface area contributed by atoms with Crippen molar-refractivity contribution in [2.45, 2.75) is 25.4 Å². The van der Waals surface area contributed by atoms with E-state index in [1.165, 1.54) is 0 Å². The molecule has 4 nitrogen and oxygen atoms in total. The van der Waals surface area contributed by atoms with Crippen LogP contribution in [0.5, 0.6) is 5.75 Å². The SMILES string of the molecule is COc1ccccc1/C=C/C(=O)N(C)CC1CCCC1O. The third kappa shape index (κ3) is 4.08. The first-order chi connectivity index (χ1) is 10.1. The van der Waals surface area contributed by atoms with Gasteiger partial charge < -0.3 is 14.7 Å². The summed E-state index contributed by atoms with van der Waals surface area (Å²) in [6.45, 7) is 0.607. The molecule has 1 aliphatic rings. The highest BCUT2D eigenvalue weighted by Gasteiger charge is 2.26. The minimum atomic E-state index is -0.265. The molecule has 1 aliphatic carbocycles. The zero-order chi connectivity index (χ0) is 15.2. The van der Waals surface area contributed by atoms with Crippen molar-refractivity contribution in [3.05, 3.63) is 35.9 Å². The van der Waals surface area contributed by atoms with Crippen LogP contribution in [-0.2, 0) is 4.79 Å². The average molecular weight is 289 g/mol. The van der Waals surface area contributed by atoms with E-state index in [2.05, 4.69) is 0 Å². The Morgan fingerprint density at radius 3 is 2.86 bits per heavy atom. The lowest BCUT2D eigenvalue weighted by atomic mass is 10.1. The first-order valence-electron chi connectivity index (χ1n) is 7.36. The fourth-order valence-corrected chi connectivity index (χ4v) is 2.76. The zero-order valence-corrected chi connectivity index (χ0v) is 12.7. The number of carbonyl (C=O) groups is 1. The molecule has 2 atom stereocenters. The second-order valence-corrected chi connectivity index (χ2v) is 5.55. The number of ether oxygens (including phenoxy) is 1. The van der Waals surface area contributed by atoms with Gasteiger partial charge in [0.05, 0.1) is 13.2 Å². The summed E-state index contributed by atoms with van der Waals surface area (Å²) in [5.41, 5.74) is 0.877. The van der Waals surface area contributed by atoms with E-state index in [4.69, 9.17) is 4.74 Å². The molecule has 2 rings (SSSR count). The molecule has 0 heterocycles. The van der Waals surface area contributed by atoms with E-state index in [1.54, 1.807) is 31.2 Å². The van der Waals surface area contributed by atoms with Gasteiger partial charge in [-0.2, -0.15) is 0 Å². The van der Waals surface area contributed by atoms with Crippen molar-refractivity contribution in [2.24, 2.45) is 5.92 Å². The lowest BCUT2D eigenvalue weighted by Gasteiger charge is -2.22. The highest BCUT2D eigenvalue weighted by atomic mass is 16.5. The van der Waals surface area contributed by atoms with Crippen molar-refractivity contribution in [2.75, 3.05) is 20.7 Å². The van der Waals surface area contributed by atoms with Crippen molar-refractivity contribution >= 4 is 12.0 Å². The van der Waals surface area contributed by atoms with E-state index in [1.807, 2.05) is 24.3 Å². The molecular formula is C17H23NO3. The maximum atomic E-state index is 12.1. The molecule has 2 unspecified atom stereocenters. The van der Waals surface area contributed by atoms with E-state index in [9.17, 15) is 9.90 Å². The molecule has 0 aromatic heterocycles. The second kappa shape index (κ2) is 7.27. The Hall–Kier alpha value is -1.81. The number of methoxy groups -OCH3 is 1. The van der Waals surface area contributed by atoms with Gasteiger partial charge in [0.25, 0.3) is 0 Å². The summed E-state index contributed by atoms with van der Waals surface area (Å²) < 4.78 is 5.25. The number of amides is 1. The fourth-order valence-electron chi connectivity index (χ4n) is 2.76. The van der Waals surface area contributed by atoms with Gasteiger partial charge in [0, 0.05) is 31.1 Å². The van der Waals surface area contributed by atoms with E-state index in [0.29, 0.717) is 6.54 Å². The predicted molar refractivity (Wildman–Crippen MR) is 83.0 cm³/mol. The van der Waals surface area contributed by atoms with Crippen molar-refractivity contribution in [3.63, 3.8) is 0 Å². The molecule has 1 amide bonds. The first kappa shape index (κ1) is 15.6. The number of likely N-dealkylation sites (N-methyl/N-ethyl adjacent to an activating group) is 1. The largest absolute Gasteiger partial charge is 0.496 e. The summed E-state index contributed by atoms with van der Waals surface area (Å²) in [5, 5.41) is 9.82. The van der Waals surface area contributed by atoms with Gasteiger partial charge in [0.1, 0.15) is 5.75 Å². The molecule has 0 aliphatic heterocycles. The Kier molecular flexibility index (Phi) is 5.39. The molecule has 1 aromatic rings. The summed E-state index contributed by atoms with van der Waals surface area (Å²) in [4.78, 5) is 13.8. The number of hydrogen-bond donors (Lipinski definition) is 1. The fraction of sp³-hybridized carbons (Fsp3) is 0.471. The third-order valence-corrected chi connectivity index (χ3v) is 4.05. The van der Waals surface area contributed by atoms with Crippen LogP contribution < -0.4 is 4.74 Å². The number of para-hydroxylation sites is 1. The molecule has 0 saturated heterocycles. The Morgan fingerprint density at radius 1 is 1.43 bits per heavy atom. The monoisotopic (exact) mass is 289 g/mol. The topological polar surface area (TPSA) is 49.8 Å². The molecule has 1 fully saturated rings. The Bertz CT molecular complexity index is 513. The molecule has 1 N–H and O–H groups in total. The number of hydrogen-bond acceptors (Lipinski definition) is 3. The van der Waals surface area contributed by atoms with Crippen LogP contribution in [0.3, 0.4) is 0 Å². The summed E-state index contributed by atoms with van der Waals surface area (Å²) in [5.74, 6) is 0.897. The van der Waals surface area contributed by atoms with Crippen LogP contribution in [0, 0.1) is 5.92 Å². The van der Waals surface area contributed by atoms with Crippen molar-refractivity contribution in [1.82, 2.24) is 4.90 Å². The quantitative estimate of drug-likeness (QED) is 0.846. The van der Waals surface area contributed by atoms with Crippen LogP contribution in [0.2, 0.25) is 0 Å². The van der Waals surface area contributed by atoms with Crippen LogP contribution in [0.25, 0.3) is 6.08 Å². The smallest absolute Gasteiger partial charge is 0.246 e. The van der Waals surface area contributed by atoms with Gasteiger partial charge in [-0.3, -0.25) is 4.79 Å². The summed E-state index contributed by atoms with van der Waals surface area (Å²) >= 11 is 0. The summed E-state index contributed by atoms with van der Waals surface area (Å²) in [6, 6.07) is 7.57. The number of benzene rings is 1. The summed E-state index contributed by atoms with van der Waals surface area (Å²) in [7, 11) is 3.39. The minimum absolute atomic E-state index is 0.0555. The highest BCUT2D eigenvalue weighted by Crippen LogP contribution is 2.26. The number of carbonyl (C=O) groups excluding carboxylic acids is 1. The molecule has 4 heteroatoms. The Balaban J connectivity index is 1.95. The number of aliphatic hydroxyl groups excluding tert-OH is 1. The van der Waals surface area contributed by atoms with Gasteiger partial charge in [-0.15, -0.1) is 0 Å². The standard InChI is InChI=1S/C17H23NO3/c1-18(12-14-7-5-8-15(14)19)17(20)11-10-13-6-3-4-9-16(13)21-2/h3-4,6,9-11,14-15,19H,5,7-8,12H2,1-2H3/b11-10+. The third-order valence-electron chi connectivity index (χ3n) is 4.05. The molecule has 0 bridgehead atoms. The molecule has 21 heavy (non-hydrogen) atoms. The van der Waals surface area contributed by atoms with Gasteiger partial charge in [0.2, 0.25) is 5.91 Å². The van der Waals surface area contributed by atoms with Crippen LogP contribution in [-0.4, -0.2) is 42.7 Å². The molecule has 114 valence electrons. The lowest BCUT2D eigenvalue weighted by Crippen LogP contribution is -2.33. The maximum absolute atomic E-state index is 12.1. The van der Waals surface area contributed by atoms with Gasteiger partial charge in [-0.05, 0) is 25.0 Å². The van der Waals surface area contributed by atoms with Crippen molar-refractivity contribution < 1.29 is 14.6 Å². The number of aliphatic hydroxyl groups is 1. The Labute approximate surface area is 126 Å². The van der Waals surface area contributed by atoms with E-state index in [-0.39, 0.29) is 17.9 Å². The molecular weight excluding hydrogens is 266 g/mol. The van der Waals surface area contributed by atoms with Crippen LogP contribution in [0.1, 0.15) is 24.8 Å². The van der Waals surface area contributed by atoms with Crippen molar-refractivity contribution in [1.29, 1.82) is 0 Å². The van der Waals surface area contributed by atoms with Gasteiger partial charge in [-0.1, -0.05) is 24.6 Å². The molecule has 0 radical (unpaired) electrons. The molecule has 1 saturated carbocycles. The van der Waals surface area contributed by atoms with Crippen LogP contribution in [0.15, 0.2) is 30.3 Å². The average Bonchev–Trinajstić information content (AvgIpc) is 2.90. The van der Waals surface area contributed by atoms with Crippen LogP contribution in [0.4, 0.5) is 0 Å². The zero-order valence-electron chi connectivity index (χ0n) is 12.7. The van der Waals surface area contributed by atoms with Gasteiger partial charge >= 0.3 is 0 Å².